The van der Waals surface area contributed by atoms with Crippen molar-refractivity contribution in [3.8, 4) is 5.75 Å². The Hall–Kier alpha value is -3.32. The van der Waals surface area contributed by atoms with Crippen molar-refractivity contribution in [2.45, 2.75) is 18.2 Å². The molecule has 7 heteroatoms. The van der Waals surface area contributed by atoms with Crippen molar-refractivity contribution in [2.75, 3.05) is 17.1 Å². The number of ether oxygens (including phenoxy) is 1. The molecule has 0 atom stereocenters. The first-order chi connectivity index (χ1) is 13.9. The van der Waals surface area contributed by atoms with Crippen LogP contribution in [0.25, 0.3) is 0 Å². The fourth-order valence-electron chi connectivity index (χ4n) is 2.81. The first kappa shape index (κ1) is 20.4. The zero-order valence-corrected chi connectivity index (χ0v) is 17.0. The van der Waals surface area contributed by atoms with Gasteiger partial charge in [0, 0.05) is 5.69 Å². The molecular weight excluding hydrogens is 388 g/mol. The van der Waals surface area contributed by atoms with Gasteiger partial charge in [-0.15, -0.1) is 0 Å². The van der Waals surface area contributed by atoms with E-state index >= 15 is 0 Å². The maximum Gasteiger partial charge on any atom is 0.262 e. The van der Waals surface area contributed by atoms with Crippen molar-refractivity contribution in [1.29, 1.82) is 0 Å². The predicted octanol–water partition coefficient (Wildman–Crippen LogP) is 3.99. The Balaban J connectivity index is 1.70. The number of sulfonamides is 1. The molecule has 0 unspecified atom stereocenters. The van der Waals surface area contributed by atoms with Gasteiger partial charge in [-0.25, -0.2) is 8.42 Å². The number of anilines is 2. The lowest BCUT2D eigenvalue weighted by Gasteiger charge is -2.13. The number of benzene rings is 3. The number of aryl methyl sites for hydroxylation is 1. The smallest absolute Gasteiger partial charge is 0.262 e. The lowest BCUT2D eigenvalue weighted by molar-refractivity contribution is -0.115. The van der Waals surface area contributed by atoms with Crippen molar-refractivity contribution in [1.82, 2.24) is 0 Å². The minimum atomic E-state index is -3.80. The Bertz CT molecular complexity index is 1100. The number of carbonyl (C=O) groups excluding carboxylic acids is 1. The molecule has 6 nitrogen and oxygen atoms in total. The maximum atomic E-state index is 12.7. The highest BCUT2D eigenvalue weighted by atomic mass is 32.2. The molecule has 29 heavy (non-hydrogen) atoms. The molecule has 0 aromatic heterocycles. The number of hydrogen-bond acceptors (Lipinski definition) is 4. The van der Waals surface area contributed by atoms with Crippen molar-refractivity contribution >= 4 is 27.3 Å². The summed E-state index contributed by atoms with van der Waals surface area (Å²) < 4.78 is 33.2. The Kier molecular flexibility index (Phi) is 6.19. The molecule has 0 saturated heterocycles. The molecule has 0 aliphatic carbocycles. The Morgan fingerprint density at radius 1 is 0.966 bits per heavy atom. The van der Waals surface area contributed by atoms with Gasteiger partial charge < -0.3 is 10.1 Å². The van der Waals surface area contributed by atoms with Crippen molar-refractivity contribution in [3.63, 3.8) is 0 Å². The van der Waals surface area contributed by atoms with Gasteiger partial charge in [-0.05, 0) is 54.4 Å². The molecule has 0 radical (unpaired) electrons. The molecule has 3 aromatic rings. The lowest BCUT2D eigenvalue weighted by atomic mass is 10.1. The third-order valence-electron chi connectivity index (χ3n) is 4.26. The molecule has 0 fully saturated rings. The Labute approximate surface area is 170 Å². The van der Waals surface area contributed by atoms with Gasteiger partial charge >= 0.3 is 0 Å². The Morgan fingerprint density at radius 3 is 2.31 bits per heavy atom. The zero-order valence-electron chi connectivity index (χ0n) is 16.2. The van der Waals surface area contributed by atoms with Gasteiger partial charge in [0.2, 0.25) is 5.91 Å². The first-order valence-electron chi connectivity index (χ1n) is 8.99. The van der Waals surface area contributed by atoms with E-state index in [1.165, 1.54) is 19.2 Å². The summed E-state index contributed by atoms with van der Waals surface area (Å²) in [5, 5.41) is 2.77. The molecule has 3 aromatic carbocycles. The molecule has 1 amide bonds. The topological polar surface area (TPSA) is 84.5 Å². The number of methoxy groups -OCH3 is 1. The van der Waals surface area contributed by atoms with E-state index in [-0.39, 0.29) is 17.2 Å². The van der Waals surface area contributed by atoms with Crippen LogP contribution in [0, 0.1) is 6.92 Å². The molecule has 3 rings (SSSR count). The summed E-state index contributed by atoms with van der Waals surface area (Å²) >= 11 is 0. The average molecular weight is 410 g/mol. The van der Waals surface area contributed by atoms with E-state index in [2.05, 4.69) is 10.0 Å². The fourth-order valence-corrected chi connectivity index (χ4v) is 3.87. The van der Waals surface area contributed by atoms with Gasteiger partial charge in [0.25, 0.3) is 10.0 Å². The number of rotatable bonds is 7. The monoisotopic (exact) mass is 410 g/mol. The van der Waals surface area contributed by atoms with Gasteiger partial charge in [-0.3, -0.25) is 9.52 Å². The highest BCUT2D eigenvalue weighted by Gasteiger charge is 2.17. The maximum absolute atomic E-state index is 12.7. The van der Waals surface area contributed by atoms with Crippen molar-refractivity contribution in [3.05, 3.63) is 83.9 Å². The van der Waals surface area contributed by atoms with Gasteiger partial charge in [-0.2, -0.15) is 0 Å². The van der Waals surface area contributed by atoms with Gasteiger partial charge in [0.05, 0.1) is 24.1 Å². The van der Waals surface area contributed by atoms with Gasteiger partial charge in [0.1, 0.15) is 5.75 Å². The summed E-state index contributed by atoms with van der Waals surface area (Å²) in [4.78, 5) is 12.2. The van der Waals surface area contributed by atoms with Crippen LogP contribution in [-0.4, -0.2) is 21.4 Å². The zero-order chi connectivity index (χ0) is 20.9. The summed E-state index contributed by atoms with van der Waals surface area (Å²) in [6.45, 7) is 1.87. The second-order valence-corrected chi connectivity index (χ2v) is 8.23. The van der Waals surface area contributed by atoms with Crippen LogP contribution in [0.2, 0.25) is 0 Å². The van der Waals surface area contributed by atoms with Crippen LogP contribution in [0.5, 0.6) is 5.75 Å². The largest absolute Gasteiger partial charge is 0.495 e. The van der Waals surface area contributed by atoms with E-state index in [1.54, 1.807) is 24.3 Å². The summed E-state index contributed by atoms with van der Waals surface area (Å²) in [7, 11) is -2.32. The number of nitrogens with one attached hydrogen (secondary N) is 2. The number of hydrogen-bond donors (Lipinski definition) is 2. The second-order valence-electron chi connectivity index (χ2n) is 6.54. The molecule has 0 aliphatic heterocycles. The van der Waals surface area contributed by atoms with Crippen LogP contribution in [0.4, 0.5) is 11.4 Å². The normalized spacial score (nSPS) is 11.0. The van der Waals surface area contributed by atoms with E-state index in [1.807, 2.05) is 43.3 Å². The van der Waals surface area contributed by atoms with Crippen molar-refractivity contribution in [2.24, 2.45) is 0 Å². The van der Waals surface area contributed by atoms with E-state index in [4.69, 9.17) is 4.74 Å². The predicted molar refractivity (Wildman–Crippen MR) is 114 cm³/mol. The summed E-state index contributed by atoms with van der Waals surface area (Å²) in [6, 6.07) is 20.6. The number of amides is 1. The third kappa shape index (κ3) is 5.36. The highest BCUT2D eigenvalue weighted by molar-refractivity contribution is 7.92. The van der Waals surface area contributed by atoms with Crippen LogP contribution >= 0.6 is 0 Å². The van der Waals surface area contributed by atoms with E-state index < -0.39 is 10.0 Å². The average Bonchev–Trinajstić information content (AvgIpc) is 2.69. The molecule has 0 heterocycles. The lowest BCUT2D eigenvalue weighted by Crippen LogP contribution is -2.15. The van der Waals surface area contributed by atoms with E-state index in [9.17, 15) is 13.2 Å². The molecule has 0 saturated carbocycles. The number of carbonyl (C=O) groups is 1. The van der Waals surface area contributed by atoms with Gasteiger partial charge in [-0.1, -0.05) is 36.4 Å². The minimum absolute atomic E-state index is 0.0853. The highest BCUT2D eigenvalue weighted by Crippen LogP contribution is 2.28. The Morgan fingerprint density at radius 2 is 1.66 bits per heavy atom. The van der Waals surface area contributed by atoms with E-state index in [0.29, 0.717) is 17.1 Å². The second kappa shape index (κ2) is 8.79. The molecule has 0 bridgehead atoms. The standard InChI is InChI=1S/C22H22N2O4S/c1-16-8-13-21(28-2)20(14-16)24-29(26,27)19-11-9-18(10-12-19)23-22(25)15-17-6-4-3-5-7-17/h3-14,24H,15H2,1-2H3,(H,23,25). The SMILES string of the molecule is COc1ccc(C)cc1NS(=O)(=O)c1ccc(NC(=O)Cc2ccccc2)cc1. The van der Waals surface area contributed by atoms with Crippen LogP contribution < -0.4 is 14.8 Å². The minimum Gasteiger partial charge on any atom is -0.495 e. The fraction of sp³-hybridized carbons (Fsp3) is 0.136. The van der Waals surface area contributed by atoms with E-state index in [0.717, 1.165) is 11.1 Å². The molecule has 2 N–H and O–H groups in total. The third-order valence-corrected chi connectivity index (χ3v) is 5.64. The van der Waals surface area contributed by atoms with Crippen molar-refractivity contribution < 1.29 is 17.9 Å². The van der Waals surface area contributed by atoms with Crippen LogP contribution in [0.1, 0.15) is 11.1 Å². The summed E-state index contributed by atoms with van der Waals surface area (Å²) in [5.41, 5.74) is 2.70. The molecule has 150 valence electrons. The molecular formula is C22H22N2O4S. The quantitative estimate of drug-likeness (QED) is 0.617. The van der Waals surface area contributed by atoms with Crippen LogP contribution in [0.3, 0.4) is 0 Å². The molecule has 0 aliphatic rings. The first-order valence-corrected chi connectivity index (χ1v) is 10.5. The van der Waals surface area contributed by atoms with Crippen LogP contribution in [-0.2, 0) is 21.2 Å². The van der Waals surface area contributed by atoms with Gasteiger partial charge in [0.15, 0.2) is 0 Å². The van der Waals surface area contributed by atoms with Crippen LogP contribution in [0.15, 0.2) is 77.7 Å². The summed E-state index contributed by atoms with van der Waals surface area (Å²) in [6.07, 6.45) is 0.246. The molecule has 0 spiro atoms. The summed E-state index contributed by atoms with van der Waals surface area (Å²) in [5.74, 6) is 0.262.